The summed E-state index contributed by atoms with van der Waals surface area (Å²) in [5.41, 5.74) is 4.13. The number of nitrogens with zero attached hydrogens (tertiary/aromatic N) is 1. The van der Waals surface area contributed by atoms with Gasteiger partial charge in [0, 0.05) is 5.39 Å². The molecule has 27 heavy (non-hydrogen) atoms. The molecule has 1 amide bonds. The van der Waals surface area contributed by atoms with Crippen LogP contribution in [0.25, 0.3) is 10.9 Å². The van der Waals surface area contributed by atoms with E-state index < -0.39 is 0 Å². The van der Waals surface area contributed by atoms with Crippen molar-refractivity contribution in [1.29, 1.82) is 0 Å². The average molecular weight is 383 g/mol. The zero-order valence-electron chi connectivity index (χ0n) is 15.9. The number of amides is 1. The van der Waals surface area contributed by atoms with Gasteiger partial charge in [0.2, 0.25) is 5.91 Å². The van der Waals surface area contributed by atoms with Gasteiger partial charge >= 0.3 is 0 Å². The Balaban J connectivity index is 1.72. The van der Waals surface area contributed by atoms with E-state index in [1.54, 1.807) is 12.1 Å². The van der Waals surface area contributed by atoms with Crippen molar-refractivity contribution in [3.8, 4) is 0 Å². The molecule has 0 saturated heterocycles. The lowest BCUT2D eigenvalue weighted by Gasteiger charge is -2.18. The molecule has 0 aliphatic heterocycles. The van der Waals surface area contributed by atoms with Gasteiger partial charge in [0.1, 0.15) is 5.82 Å². The van der Waals surface area contributed by atoms with Gasteiger partial charge in [-0.1, -0.05) is 42.1 Å². The van der Waals surface area contributed by atoms with Crippen molar-refractivity contribution >= 4 is 28.6 Å². The Labute approximate surface area is 163 Å². The minimum absolute atomic E-state index is 0.0684. The number of hydrogen-bond donors (Lipinski definition) is 1. The third-order valence-electron chi connectivity index (χ3n) is 4.62. The van der Waals surface area contributed by atoms with E-state index in [2.05, 4.69) is 18.3 Å². The quantitative estimate of drug-likeness (QED) is 0.605. The summed E-state index contributed by atoms with van der Waals surface area (Å²) in [4.78, 5) is 17.3. The first-order valence-electron chi connectivity index (χ1n) is 8.94. The molecule has 1 aromatic heterocycles. The molecule has 0 saturated carbocycles. The maximum Gasteiger partial charge on any atom is 0.233 e. The number of aryl methyl sites for hydroxylation is 2. The Kier molecular flexibility index (Phi) is 5.80. The number of carbonyl (C=O) groups excluding carboxylic acids is 1. The number of carbonyl (C=O) groups is 1. The number of para-hydroxylation sites is 1. The van der Waals surface area contributed by atoms with Crippen LogP contribution >= 0.6 is 11.8 Å². The molecule has 0 aliphatic rings. The fraction of sp³-hybridized carbons (Fsp3) is 0.273. The third-order valence-corrected chi connectivity index (χ3v) is 5.64. The Morgan fingerprint density at radius 1 is 1.07 bits per heavy atom. The number of hydrogen-bond acceptors (Lipinski definition) is 3. The SMILES string of the molecule is Cc1cc(S[C@H](C)C(=O)N[C@H](C)c2ccc(F)cc2)nc2c(C)cccc12. The molecule has 5 heteroatoms. The summed E-state index contributed by atoms with van der Waals surface area (Å²) in [6.07, 6.45) is 0. The molecule has 3 rings (SSSR count). The maximum atomic E-state index is 13.1. The Bertz CT molecular complexity index is 972. The van der Waals surface area contributed by atoms with Crippen LogP contribution in [0.4, 0.5) is 4.39 Å². The van der Waals surface area contributed by atoms with Gasteiger partial charge in [-0.15, -0.1) is 0 Å². The highest BCUT2D eigenvalue weighted by atomic mass is 32.2. The van der Waals surface area contributed by atoms with Gasteiger partial charge in [0.25, 0.3) is 0 Å². The predicted molar refractivity (Wildman–Crippen MR) is 109 cm³/mol. The zero-order chi connectivity index (χ0) is 19.6. The molecule has 2 aromatic carbocycles. The van der Waals surface area contributed by atoms with E-state index in [1.165, 1.54) is 23.9 Å². The number of pyridine rings is 1. The number of thioether (sulfide) groups is 1. The number of nitrogens with one attached hydrogen (secondary N) is 1. The lowest BCUT2D eigenvalue weighted by Crippen LogP contribution is -2.33. The van der Waals surface area contributed by atoms with Crippen LogP contribution in [-0.2, 0) is 4.79 Å². The lowest BCUT2D eigenvalue weighted by molar-refractivity contribution is -0.120. The second kappa shape index (κ2) is 8.09. The van der Waals surface area contributed by atoms with Crippen molar-refractivity contribution < 1.29 is 9.18 Å². The van der Waals surface area contributed by atoms with E-state index in [4.69, 9.17) is 4.98 Å². The molecule has 0 bridgehead atoms. The summed E-state index contributed by atoms with van der Waals surface area (Å²) in [7, 11) is 0. The van der Waals surface area contributed by atoms with Crippen LogP contribution < -0.4 is 5.32 Å². The van der Waals surface area contributed by atoms with Crippen LogP contribution in [0.5, 0.6) is 0 Å². The molecule has 140 valence electrons. The molecular formula is C22H23FN2OS. The van der Waals surface area contributed by atoms with Crippen LogP contribution in [0.3, 0.4) is 0 Å². The first-order valence-corrected chi connectivity index (χ1v) is 9.82. The number of fused-ring (bicyclic) bond motifs is 1. The average Bonchev–Trinajstić information content (AvgIpc) is 2.63. The minimum Gasteiger partial charge on any atom is -0.349 e. The van der Waals surface area contributed by atoms with Crippen LogP contribution in [0.2, 0.25) is 0 Å². The van der Waals surface area contributed by atoms with Crippen LogP contribution in [0.1, 0.15) is 36.6 Å². The molecule has 0 aliphatic carbocycles. The van der Waals surface area contributed by atoms with Gasteiger partial charge in [0.05, 0.1) is 21.8 Å². The first-order chi connectivity index (χ1) is 12.8. The Morgan fingerprint density at radius 3 is 2.48 bits per heavy atom. The molecule has 0 fully saturated rings. The van der Waals surface area contributed by atoms with Gasteiger partial charge in [-0.25, -0.2) is 9.37 Å². The van der Waals surface area contributed by atoms with E-state index in [1.807, 2.05) is 39.0 Å². The van der Waals surface area contributed by atoms with Crippen LogP contribution in [-0.4, -0.2) is 16.1 Å². The summed E-state index contributed by atoms with van der Waals surface area (Å²) < 4.78 is 13.1. The van der Waals surface area contributed by atoms with Crippen molar-refractivity contribution in [3.63, 3.8) is 0 Å². The normalized spacial score (nSPS) is 13.4. The molecule has 0 radical (unpaired) electrons. The molecule has 1 N–H and O–H groups in total. The smallest absolute Gasteiger partial charge is 0.233 e. The number of benzene rings is 2. The maximum absolute atomic E-state index is 13.1. The van der Waals surface area contributed by atoms with Crippen molar-refractivity contribution in [2.75, 3.05) is 0 Å². The second-order valence-electron chi connectivity index (χ2n) is 6.79. The highest BCUT2D eigenvalue weighted by molar-refractivity contribution is 8.00. The van der Waals surface area contributed by atoms with E-state index in [-0.39, 0.29) is 23.0 Å². The molecule has 1 heterocycles. The fourth-order valence-corrected chi connectivity index (χ4v) is 3.92. The number of rotatable bonds is 5. The van der Waals surface area contributed by atoms with E-state index in [0.29, 0.717) is 0 Å². The second-order valence-corrected chi connectivity index (χ2v) is 8.15. The van der Waals surface area contributed by atoms with Gasteiger partial charge in [0.15, 0.2) is 0 Å². The molecule has 3 nitrogen and oxygen atoms in total. The molecule has 0 spiro atoms. The van der Waals surface area contributed by atoms with Crippen molar-refractivity contribution in [3.05, 3.63) is 71.0 Å². The Hall–Kier alpha value is -2.40. The monoisotopic (exact) mass is 382 g/mol. The molecule has 3 aromatic rings. The Morgan fingerprint density at radius 2 is 1.78 bits per heavy atom. The largest absolute Gasteiger partial charge is 0.349 e. The minimum atomic E-state index is -0.290. The topological polar surface area (TPSA) is 42.0 Å². The first kappa shape index (κ1) is 19.4. The zero-order valence-corrected chi connectivity index (χ0v) is 16.7. The third kappa shape index (κ3) is 4.48. The number of aromatic nitrogens is 1. The summed E-state index contributed by atoms with van der Waals surface area (Å²) >= 11 is 1.45. The van der Waals surface area contributed by atoms with E-state index in [0.717, 1.165) is 32.6 Å². The van der Waals surface area contributed by atoms with Gasteiger partial charge in [-0.2, -0.15) is 0 Å². The van der Waals surface area contributed by atoms with Crippen molar-refractivity contribution in [2.45, 2.75) is 44.0 Å². The summed E-state index contributed by atoms with van der Waals surface area (Å²) in [6.45, 7) is 7.87. The molecule has 2 atom stereocenters. The molecular weight excluding hydrogens is 359 g/mol. The standard InChI is InChI=1S/C22H23FN2OS/c1-13-6-5-7-19-14(2)12-20(25-21(13)19)27-16(4)22(26)24-15(3)17-8-10-18(23)11-9-17/h5-12,15-16H,1-4H3,(H,24,26)/t15-,16-/m1/s1. The predicted octanol–water partition coefficient (Wildman–Crippen LogP) is 5.35. The van der Waals surface area contributed by atoms with Gasteiger partial charge < -0.3 is 5.32 Å². The fourth-order valence-electron chi connectivity index (χ4n) is 2.99. The summed E-state index contributed by atoms with van der Waals surface area (Å²) in [5, 5.41) is 4.68. The van der Waals surface area contributed by atoms with Gasteiger partial charge in [-0.05, 0) is 62.6 Å². The summed E-state index contributed by atoms with van der Waals surface area (Å²) in [6, 6.07) is 14.2. The summed E-state index contributed by atoms with van der Waals surface area (Å²) in [5.74, 6) is -0.351. The van der Waals surface area contributed by atoms with E-state index >= 15 is 0 Å². The van der Waals surface area contributed by atoms with E-state index in [9.17, 15) is 9.18 Å². The number of halogens is 1. The highest BCUT2D eigenvalue weighted by Gasteiger charge is 2.18. The van der Waals surface area contributed by atoms with Crippen molar-refractivity contribution in [1.82, 2.24) is 10.3 Å². The lowest BCUT2D eigenvalue weighted by atomic mass is 10.1. The van der Waals surface area contributed by atoms with Gasteiger partial charge in [-0.3, -0.25) is 4.79 Å². The van der Waals surface area contributed by atoms with Crippen LogP contribution in [0.15, 0.2) is 53.6 Å². The van der Waals surface area contributed by atoms with Crippen molar-refractivity contribution in [2.24, 2.45) is 0 Å². The van der Waals surface area contributed by atoms with Crippen LogP contribution in [0, 0.1) is 19.7 Å². The molecule has 0 unspecified atom stereocenters. The highest BCUT2D eigenvalue weighted by Crippen LogP contribution is 2.28.